The number of hydrogen-bond acceptors (Lipinski definition) is 20. The Kier molecular flexibility index (Phi) is 37.3. The maximum absolute atomic E-state index is 12.1. The number of nitrogens with one attached hydrogen (secondary N) is 1. The number of nitrogens with zero attached hydrogens (tertiary/aromatic N) is 1. The molecule has 1 aromatic carbocycles. The van der Waals surface area contributed by atoms with E-state index in [1.54, 1.807) is 92.7 Å². The second-order valence-corrected chi connectivity index (χ2v) is 22.9. The van der Waals surface area contributed by atoms with Crippen molar-refractivity contribution in [3.05, 3.63) is 122 Å². The molecule has 0 aromatic heterocycles. The highest BCUT2D eigenvalue weighted by atomic mass is 16.8. The number of aliphatic hydroxyl groups is 1. The molecular formula is C63H95N7O20. The first kappa shape index (κ1) is 83.0. The molecule has 7 amide bonds. The van der Waals surface area contributed by atoms with Crippen LogP contribution in [0.4, 0.5) is 19.2 Å². The number of ether oxygens (including phenoxy) is 7. The van der Waals surface area contributed by atoms with Crippen LogP contribution in [0.15, 0.2) is 116 Å². The fraction of sp³-hybridized carbons (Fsp3) is 0.508. The van der Waals surface area contributed by atoms with Gasteiger partial charge in [-0.05, 0) is 156 Å². The molecule has 4 aliphatic carbocycles. The molecule has 90 heavy (non-hydrogen) atoms. The molecule has 27 nitrogen and oxygen atoms in total. The SMILES string of the molecule is C.C=C/C=C/OC(C)=O.C=CC(N)=O.CC(=O)OC1C=CCCC1C(N)=O.CC(C)(C)OC(=O)NC1CCC(O)(C(N)=O)CC1.CC(C)(C)OC(=O)OC(=O)OC(C)(C)C.NC(=O)C12C=CC(CC1)N(C(=O)OCc1ccccc1)O2.NC(=O)C1=CC=CCC1. The van der Waals surface area contributed by atoms with Crippen LogP contribution < -0.4 is 34.0 Å². The molecule has 2 aliphatic heterocycles. The largest absolute Gasteiger partial charge is 0.519 e. The molecule has 0 spiro atoms. The van der Waals surface area contributed by atoms with Crippen LogP contribution in [0.5, 0.6) is 0 Å². The summed E-state index contributed by atoms with van der Waals surface area (Å²) in [5, 5.41) is 13.7. The van der Waals surface area contributed by atoms with Crippen LogP contribution in [-0.2, 0) is 78.2 Å². The average molecular weight is 1270 g/mol. The van der Waals surface area contributed by atoms with Gasteiger partial charge in [-0.3, -0.25) is 33.6 Å². The first-order chi connectivity index (χ1) is 41.2. The lowest BCUT2D eigenvalue weighted by atomic mass is 9.82. The molecule has 0 radical (unpaired) electrons. The monoisotopic (exact) mass is 1270 g/mol. The molecule has 6 aliphatic rings. The van der Waals surface area contributed by atoms with Crippen molar-refractivity contribution in [2.45, 2.75) is 201 Å². The number of primary amides is 5. The maximum Gasteiger partial charge on any atom is 0.519 e. The normalized spacial score (nSPS) is 20.7. The van der Waals surface area contributed by atoms with Gasteiger partial charge < -0.3 is 72.2 Å². The summed E-state index contributed by atoms with van der Waals surface area (Å²) in [5.74, 6) is -3.55. The molecule has 7 rings (SSSR count). The van der Waals surface area contributed by atoms with E-state index in [1.807, 2.05) is 48.6 Å². The predicted molar refractivity (Wildman–Crippen MR) is 332 cm³/mol. The molecule has 27 heteroatoms. The van der Waals surface area contributed by atoms with Gasteiger partial charge in [0.25, 0.3) is 5.91 Å². The Hall–Kier alpha value is -9.11. The topological polar surface area (TPSA) is 427 Å². The zero-order valence-electron chi connectivity index (χ0n) is 52.8. The first-order valence-electron chi connectivity index (χ1n) is 28.2. The van der Waals surface area contributed by atoms with Gasteiger partial charge >= 0.3 is 36.4 Å². The van der Waals surface area contributed by atoms with Crippen LogP contribution in [-0.4, -0.2) is 122 Å². The van der Waals surface area contributed by atoms with E-state index in [4.69, 9.17) is 51.5 Å². The summed E-state index contributed by atoms with van der Waals surface area (Å²) in [4.78, 5) is 125. The lowest BCUT2D eigenvalue weighted by Gasteiger charge is -2.45. The number of hydrogen-bond donors (Lipinski definition) is 7. The summed E-state index contributed by atoms with van der Waals surface area (Å²) in [6.07, 6.45) is 20.3. The van der Waals surface area contributed by atoms with Crippen LogP contribution in [0.3, 0.4) is 0 Å². The van der Waals surface area contributed by atoms with E-state index >= 15 is 0 Å². The van der Waals surface area contributed by atoms with Crippen molar-refractivity contribution < 1.29 is 95.8 Å². The van der Waals surface area contributed by atoms with Crippen molar-refractivity contribution in [2.75, 3.05) is 0 Å². The van der Waals surface area contributed by atoms with Crippen LogP contribution in [0.2, 0.25) is 0 Å². The van der Waals surface area contributed by atoms with Crippen molar-refractivity contribution >= 4 is 66.0 Å². The van der Waals surface area contributed by atoms with E-state index < -0.39 is 82.2 Å². The zero-order chi connectivity index (χ0) is 68.3. The Balaban J connectivity index is 0. The Morgan fingerprint density at radius 1 is 0.733 bits per heavy atom. The third kappa shape index (κ3) is 36.9. The van der Waals surface area contributed by atoms with Crippen LogP contribution in [0.1, 0.15) is 153 Å². The minimum atomic E-state index is -1.42. The zero-order valence-corrected chi connectivity index (χ0v) is 52.8. The molecule has 2 bridgehead atoms. The number of allylic oxidation sites excluding steroid dienone is 6. The smallest absolute Gasteiger partial charge is 0.457 e. The van der Waals surface area contributed by atoms with E-state index in [0.29, 0.717) is 32.1 Å². The second kappa shape index (κ2) is 40.4. The Labute approximate surface area is 527 Å². The van der Waals surface area contributed by atoms with Crippen molar-refractivity contribution in [1.29, 1.82) is 0 Å². The highest BCUT2D eigenvalue weighted by Crippen LogP contribution is 2.36. The molecule has 2 fully saturated rings. The number of benzene rings is 1. The van der Waals surface area contributed by atoms with Crippen LogP contribution >= 0.6 is 0 Å². The number of hydroxylamine groups is 2. The Morgan fingerprint density at radius 3 is 1.69 bits per heavy atom. The molecule has 2 heterocycles. The van der Waals surface area contributed by atoms with Crippen molar-refractivity contribution in [3.63, 3.8) is 0 Å². The fourth-order valence-corrected chi connectivity index (χ4v) is 7.52. The van der Waals surface area contributed by atoms with E-state index in [1.165, 1.54) is 26.2 Å². The molecule has 1 saturated carbocycles. The standard InChI is InChI=1S/C15H16N2O4.C12H22N2O4.C10H18O5.C9H13NO3.C7H9NO.C6H8O2.C3H5NO.CH4/c16-13(18)15-8-6-12(7-9-15)17(21-15)14(19)20-10-11-4-2-1-3-5-11;1-11(2,3)18-10(16)14-8-4-6-12(17,7-5-8)9(13)15;1-9(2,3)14-7(11)13-8(12)15-10(4,5)6;1-6(11)13-8-5-3-2-4-7(8)9(10)12;8-7(9)6-4-2-1-3-5-6;1-3-4-5-8-6(2)7;1-2-3(4)5;/h1-6,8,12H,7,9-10H2,(H2,16,18);8,17H,4-7H2,1-3H3,(H2,13,15)(H,14,16);1-6H3;3,5,7-8H,2,4H2,1H3,(H2,10,12);1-2,4H,3,5H2,(H2,8,9);3-5H,1H2,2H3;2H,1H2,(H2,4,5);1H4/b;;;;;5-4+;;. The predicted octanol–water partition coefficient (Wildman–Crippen LogP) is 7.72. The highest BCUT2D eigenvalue weighted by Gasteiger charge is 2.49. The maximum atomic E-state index is 12.1. The number of rotatable bonds is 11. The van der Waals surface area contributed by atoms with Gasteiger partial charge in [-0.1, -0.05) is 87.4 Å². The quantitative estimate of drug-likeness (QED) is 0.0212. The number of nitrogens with two attached hydrogens (primary N) is 5. The summed E-state index contributed by atoms with van der Waals surface area (Å²) in [6.45, 7) is 24.7. The number of amides is 7. The van der Waals surface area contributed by atoms with E-state index in [2.05, 4.69) is 33.7 Å². The van der Waals surface area contributed by atoms with E-state index in [0.717, 1.165) is 41.5 Å². The third-order valence-electron chi connectivity index (χ3n) is 11.7. The fourth-order valence-electron chi connectivity index (χ4n) is 7.52. The summed E-state index contributed by atoms with van der Waals surface area (Å²) in [7, 11) is 0. The number of fused-ring (bicyclic) bond motifs is 2. The summed E-state index contributed by atoms with van der Waals surface area (Å²) in [5.41, 5.74) is 22.3. The van der Waals surface area contributed by atoms with Gasteiger partial charge in [0.05, 0.1) is 18.2 Å². The van der Waals surface area contributed by atoms with Gasteiger partial charge in [-0.2, -0.15) is 5.06 Å². The minimum absolute atomic E-state index is 0. The average Bonchev–Trinajstić information content (AvgIpc) is 0.772. The van der Waals surface area contributed by atoms with Gasteiger partial charge in [0.15, 0.2) is 5.60 Å². The lowest BCUT2D eigenvalue weighted by molar-refractivity contribution is -0.247. The van der Waals surface area contributed by atoms with Crippen LogP contribution in [0.25, 0.3) is 0 Å². The first-order valence-corrected chi connectivity index (χ1v) is 28.2. The molecule has 4 atom stereocenters. The molecule has 502 valence electrons. The van der Waals surface area contributed by atoms with Crippen molar-refractivity contribution in [3.8, 4) is 0 Å². The highest BCUT2D eigenvalue weighted by molar-refractivity contribution is 5.92. The van der Waals surface area contributed by atoms with Crippen LogP contribution in [0, 0.1) is 5.92 Å². The van der Waals surface area contributed by atoms with Gasteiger partial charge in [-0.25, -0.2) is 24.0 Å². The number of alkyl carbamates (subject to hydrolysis) is 1. The van der Waals surface area contributed by atoms with Gasteiger partial charge in [0, 0.05) is 25.5 Å². The molecular weight excluding hydrogens is 1170 g/mol. The third-order valence-corrected chi connectivity index (χ3v) is 11.7. The van der Waals surface area contributed by atoms with Gasteiger partial charge in [-0.15, -0.1) is 0 Å². The summed E-state index contributed by atoms with van der Waals surface area (Å²) < 4.78 is 33.5. The number of esters is 2. The van der Waals surface area contributed by atoms with Gasteiger partial charge in [0.2, 0.25) is 23.6 Å². The molecule has 4 unspecified atom stereocenters. The molecule has 1 saturated heterocycles. The molecule has 12 N–H and O–H groups in total. The van der Waals surface area contributed by atoms with Gasteiger partial charge in [0.1, 0.15) is 35.1 Å². The second-order valence-electron chi connectivity index (χ2n) is 22.9. The Morgan fingerprint density at radius 2 is 1.29 bits per heavy atom. The number of carbonyl (C=O) groups excluding carboxylic acids is 11. The minimum Gasteiger partial charge on any atom is -0.457 e. The molecule has 1 aromatic rings. The lowest BCUT2D eigenvalue weighted by Crippen LogP contribution is -2.60. The summed E-state index contributed by atoms with van der Waals surface area (Å²) in [6, 6.07) is 9.05. The number of carbonyl (C=O) groups is 11. The van der Waals surface area contributed by atoms with E-state index in [-0.39, 0.29) is 62.7 Å². The van der Waals surface area contributed by atoms with E-state index in [9.17, 15) is 57.8 Å². The van der Waals surface area contributed by atoms with Crippen molar-refractivity contribution in [1.82, 2.24) is 10.4 Å². The Bertz CT molecular complexity index is 2700. The van der Waals surface area contributed by atoms with Crippen molar-refractivity contribution in [2.24, 2.45) is 34.6 Å². The summed E-state index contributed by atoms with van der Waals surface area (Å²) >= 11 is 0.